The third-order valence-corrected chi connectivity index (χ3v) is 4.83. The van der Waals surface area contributed by atoms with E-state index in [1.165, 1.54) is 19.3 Å². The number of hydrogen-bond acceptors (Lipinski definition) is 5. The topological polar surface area (TPSA) is 89.3 Å². The van der Waals surface area contributed by atoms with Gasteiger partial charge in [-0.2, -0.15) is 0 Å². The summed E-state index contributed by atoms with van der Waals surface area (Å²) < 4.78 is 7.58. The maximum Gasteiger partial charge on any atom is 0.252 e. The highest BCUT2D eigenvalue weighted by Gasteiger charge is 2.20. The summed E-state index contributed by atoms with van der Waals surface area (Å²) in [6.45, 7) is 2.07. The largest absolute Gasteiger partial charge is 0.490 e. The molecule has 2 aromatic rings. The number of para-hydroxylation sites is 1. The molecule has 1 aromatic heterocycles. The van der Waals surface area contributed by atoms with E-state index in [9.17, 15) is 9.90 Å². The van der Waals surface area contributed by atoms with Crippen LogP contribution in [0.3, 0.4) is 0 Å². The number of hydrogen-bond donors (Lipinski definition) is 2. The monoisotopic (exact) mass is 358 g/mol. The number of aromatic nitrogens is 3. The van der Waals surface area contributed by atoms with Crippen molar-refractivity contribution in [2.24, 2.45) is 0 Å². The van der Waals surface area contributed by atoms with E-state index in [1.54, 1.807) is 6.33 Å². The number of nitrogens with one attached hydrogen (secondary N) is 1. The molecular formula is C19H26N4O3. The lowest BCUT2D eigenvalue weighted by Crippen LogP contribution is -2.38. The Kier molecular flexibility index (Phi) is 6.22. The minimum atomic E-state index is -1.24. The van der Waals surface area contributed by atoms with Gasteiger partial charge in [0.15, 0.2) is 11.9 Å². The first-order valence-electron chi connectivity index (χ1n) is 9.17. The summed E-state index contributed by atoms with van der Waals surface area (Å²) in [5.41, 5.74) is 0.959. The van der Waals surface area contributed by atoms with E-state index in [0.717, 1.165) is 24.2 Å². The molecule has 7 nitrogen and oxygen atoms in total. The second-order valence-corrected chi connectivity index (χ2v) is 6.76. The van der Waals surface area contributed by atoms with E-state index in [0.29, 0.717) is 11.8 Å². The Morgan fingerprint density at radius 1 is 1.35 bits per heavy atom. The lowest BCUT2D eigenvalue weighted by atomic mass is 9.95. The molecular weight excluding hydrogens is 332 g/mol. The molecule has 1 aliphatic carbocycles. The van der Waals surface area contributed by atoms with E-state index in [-0.39, 0.29) is 13.2 Å². The van der Waals surface area contributed by atoms with Crippen LogP contribution in [-0.2, 0) is 11.3 Å². The first-order chi connectivity index (χ1) is 12.6. The van der Waals surface area contributed by atoms with Crippen molar-refractivity contribution in [3.05, 3.63) is 42.0 Å². The number of nitrogens with zero attached hydrogens (tertiary/aromatic N) is 3. The third kappa shape index (κ3) is 4.60. The number of carbonyl (C=O) groups excluding carboxylic acids is 1. The van der Waals surface area contributed by atoms with Crippen LogP contribution in [0, 0.1) is 6.92 Å². The van der Waals surface area contributed by atoms with Gasteiger partial charge >= 0.3 is 0 Å². The summed E-state index contributed by atoms with van der Waals surface area (Å²) >= 11 is 0. The van der Waals surface area contributed by atoms with Crippen LogP contribution in [-0.4, -0.2) is 38.5 Å². The van der Waals surface area contributed by atoms with Gasteiger partial charge in [-0.1, -0.05) is 37.5 Å². The van der Waals surface area contributed by atoms with Crippen LogP contribution in [0.5, 0.6) is 5.75 Å². The summed E-state index contributed by atoms with van der Waals surface area (Å²) in [6, 6.07) is 7.90. The predicted octanol–water partition coefficient (Wildman–Crippen LogP) is 2.15. The molecule has 26 heavy (non-hydrogen) atoms. The molecule has 1 fully saturated rings. The fourth-order valence-electron chi connectivity index (χ4n) is 3.30. The highest BCUT2D eigenvalue weighted by atomic mass is 16.5. The zero-order valence-corrected chi connectivity index (χ0v) is 15.1. The van der Waals surface area contributed by atoms with Crippen LogP contribution < -0.4 is 10.1 Å². The molecule has 1 amide bonds. The van der Waals surface area contributed by atoms with Gasteiger partial charge in [0.05, 0.1) is 6.54 Å². The van der Waals surface area contributed by atoms with Gasteiger partial charge in [0, 0.05) is 6.04 Å². The van der Waals surface area contributed by atoms with E-state index in [4.69, 9.17) is 4.74 Å². The van der Waals surface area contributed by atoms with Gasteiger partial charge in [-0.3, -0.25) is 4.79 Å². The third-order valence-electron chi connectivity index (χ3n) is 4.83. The number of aliphatic hydroxyl groups is 1. The van der Waals surface area contributed by atoms with Crippen molar-refractivity contribution < 1.29 is 14.6 Å². The highest BCUT2D eigenvalue weighted by Crippen LogP contribution is 2.28. The standard InChI is InChI=1S/C19H26N4O3/c1-14-7-5-6-10-17(14)26-12-16(24)19(25)20-11-18-22-21-13-23(18)15-8-3-2-4-9-15/h5-7,10,13,15-16,24H,2-4,8-9,11-12H2,1H3,(H,20,25). The molecule has 7 heteroatoms. The maximum atomic E-state index is 12.1. The van der Waals surface area contributed by atoms with E-state index in [1.807, 2.05) is 31.2 Å². The second-order valence-electron chi connectivity index (χ2n) is 6.76. The lowest BCUT2D eigenvalue weighted by Gasteiger charge is -2.24. The van der Waals surface area contributed by atoms with Crippen LogP contribution in [0.4, 0.5) is 0 Å². The predicted molar refractivity (Wildman–Crippen MR) is 96.7 cm³/mol. The lowest BCUT2D eigenvalue weighted by molar-refractivity contribution is -0.130. The Morgan fingerprint density at radius 3 is 2.88 bits per heavy atom. The smallest absolute Gasteiger partial charge is 0.252 e. The molecule has 1 heterocycles. The average molecular weight is 358 g/mol. The number of carbonyl (C=O) groups is 1. The van der Waals surface area contributed by atoms with Crippen molar-refractivity contribution in [2.75, 3.05) is 6.61 Å². The molecule has 2 N–H and O–H groups in total. The van der Waals surface area contributed by atoms with Gasteiger partial charge in [0.2, 0.25) is 0 Å². The van der Waals surface area contributed by atoms with Gasteiger partial charge in [-0.05, 0) is 31.4 Å². The Balaban J connectivity index is 1.49. The second kappa shape index (κ2) is 8.80. The molecule has 1 aliphatic rings. The minimum Gasteiger partial charge on any atom is -0.490 e. The van der Waals surface area contributed by atoms with Gasteiger partial charge < -0.3 is 19.7 Å². The average Bonchev–Trinajstić information content (AvgIpc) is 3.14. The van der Waals surface area contributed by atoms with Gasteiger partial charge in [-0.15, -0.1) is 10.2 Å². The SMILES string of the molecule is Cc1ccccc1OCC(O)C(=O)NCc1nncn1C1CCCCC1. The highest BCUT2D eigenvalue weighted by molar-refractivity contribution is 5.80. The number of aryl methyl sites for hydroxylation is 1. The fraction of sp³-hybridized carbons (Fsp3) is 0.526. The van der Waals surface area contributed by atoms with Gasteiger partial charge in [0.1, 0.15) is 18.7 Å². The Labute approximate surface area is 153 Å². The first kappa shape index (κ1) is 18.4. The molecule has 0 radical (unpaired) electrons. The first-order valence-corrected chi connectivity index (χ1v) is 9.17. The number of ether oxygens (including phenoxy) is 1. The summed E-state index contributed by atoms with van der Waals surface area (Å²) in [5, 5.41) is 20.9. The molecule has 0 saturated heterocycles. The Bertz CT molecular complexity index is 725. The van der Waals surface area contributed by atoms with E-state index < -0.39 is 12.0 Å². The summed E-state index contributed by atoms with van der Waals surface area (Å²) in [5.74, 6) is 0.908. The van der Waals surface area contributed by atoms with Crippen LogP contribution in [0.1, 0.15) is 49.5 Å². The summed E-state index contributed by atoms with van der Waals surface area (Å²) in [6.07, 6.45) is 6.43. The van der Waals surface area contributed by atoms with E-state index in [2.05, 4.69) is 20.1 Å². The van der Waals surface area contributed by atoms with Crippen molar-refractivity contribution in [2.45, 2.75) is 57.7 Å². The van der Waals surface area contributed by atoms with Crippen LogP contribution in [0.25, 0.3) is 0 Å². The number of benzene rings is 1. The van der Waals surface area contributed by atoms with Gasteiger partial charge in [0.25, 0.3) is 5.91 Å². The fourth-order valence-corrected chi connectivity index (χ4v) is 3.30. The van der Waals surface area contributed by atoms with Crippen molar-refractivity contribution in [3.63, 3.8) is 0 Å². The van der Waals surface area contributed by atoms with Crippen LogP contribution in [0.2, 0.25) is 0 Å². The number of aliphatic hydroxyl groups excluding tert-OH is 1. The van der Waals surface area contributed by atoms with Crippen molar-refractivity contribution in [3.8, 4) is 5.75 Å². The summed E-state index contributed by atoms with van der Waals surface area (Å²) in [7, 11) is 0. The number of rotatable bonds is 7. The molecule has 1 saturated carbocycles. The Hall–Kier alpha value is -2.41. The zero-order chi connectivity index (χ0) is 18.4. The summed E-state index contributed by atoms with van der Waals surface area (Å²) in [4.78, 5) is 12.1. The molecule has 1 aromatic carbocycles. The molecule has 0 aliphatic heterocycles. The molecule has 3 rings (SSSR count). The maximum absolute atomic E-state index is 12.1. The quantitative estimate of drug-likeness (QED) is 0.792. The van der Waals surface area contributed by atoms with Crippen LogP contribution >= 0.6 is 0 Å². The minimum absolute atomic E-state index is 0.0913. The normalized spacial score (nSPS) is 16.2. The molecule has 0 spiro atoms. The van der Waals surface area contributed by atoms with Crippen LogP contribution in [0.15, 0.2) is 30.6 Å². The molecule has 0 bridgehead atoms. The Morgan fingerprint density at radius 2 is 2.12 bits per heavy atom. The number of amides is 1. The van der Waals surface area contributed by atoms with Crippen molar-refractivity contribution in [1.29, 1.82) is 0 Å². The van der Waals surface area contributed by atoms with Crippen molar-refractivity contribution in [1.82, 2.24) is 20.1 Å². The van der Waals surface area contributed by atoms with Gasteiger partial charge in [-0.25, -0.2) is 0 Å². The van der Waals surface area contributed by atoms with E-state index >= 15 is 0 Å². The zero-order valence-electron chi connectivity index (χ0n) is 15.1. The molecule has 1 atom stereocenters. The van der Waals surface area contributed by atoms with Crippen molar-refractivity contribution >= 4 is 5.91 Å². The molecule has 140 valence electrons. The molecule has 1 unspecified atom stereocenters.